The van der Waals surface area contributed by atoms with Gasteiger partial charge in [-0.2, -0.15) is 0 Å². The molecule has 0 spiro atoms. The van der Waals surface area contributed by atoms with Gasteiger partial charge in [-0.15, -0.1) is 0 Å². The van der Waals surface area contributed by atoms with Crippen LogP contribution in [-0.4, -0.2) is 35.2 Å². The van der Waals surface area contributed by atoms with Crippen LogP contribution in [0.3, 0.4) is 0 Å². The summed E-state index contributed by atoms with van der Waals surface area (Å²) in [6, 6.07) is 0.755. The lowest BCUT2D eigenvalue weighted by molar-refractivity contribution is 0.242. The smallest absolute Gasteiger partial charge is 0.205 e. The Morgan fingerprint density at radius 1 is 1.47 bits per heavy atom. The van der Waals surface area contributed by atoms with Crippen LogP contribution in [0.15, 0.2) is 12.4 Å². The number of nitrogens with one attached hydrogen (secondary N) is 1. The van der Waals surface area contributed by atoms with Gasteiger partial charge in [0.15, 0.2) is 0 Å². The van der Waals surface area contributed by atoms with Crippen molar-refractivity contribution >= 4 is 5.95 Å². The fourth-order valence-electron chi connectivity index (χ4n) is 3.26. The topological polar surface area (TPSA) is 33.1 Å². The first-order valence-corrected chi connectivity index (χ1v) is 6.88. The Labute approximate surface area is 103 Å². The maximum atomic E-state index is 4.52. The van der Waals surface area contributed by atoms with Crippen molar-refractivity contribution < 1.29 is 0 Å². The maximum Gasteiger partial charge on any atom is 0.205 e. The predicted octanol–water partition coefficient (Wildman–Crippen LogP) is 1.48. The second kappa shape index (κ2) is 4.69. The quantitative estimate of drug-likeness (QED) is 0.841. The molecule has 1 aromatic heterocycles. The van der Waals surface area contributed by atoms with Crippen LogP contribution in [0.4, 0.5) is 5.95 Å². The zero-order chi connectivity index (χ0) is 11.7. The average molecular weight is 234 g/mol. The highest BCUT2D eigenvalue weighted by molar-refractivity contribution is 5.32. The fourth-order valence-corrected chi connectivity index (χ4v) is 3.26. The van der Waals surface area contributed by atoms with Crippen molar-refractivity contribution in [3.8, 4) is 0 Å². The van der Waals surface area contributed by atoms with E-state index in [1.807, 2.05) is 6.20 Å². The van der Waals surface area contributed by atoms with Crippen LogP contribution in [0.25, 0.3) is 0 Å². The van der Waals surface area contributed by atoms with Crippen molar-refractivity contribution in [3.05, 3.63) is 12.4 Å². The van der Waals surface area contributed by atoms with Gasteiger partial charge in [0.2, 0.25) is 5.95 Å². The number of aryl methyl sites for hydroxylation is 1. The molecule has 0 aliphatic carbocycles. The zero-order valence-electron chi connectivity index (χ0n) is 10.6. The van der Waals surface area contributed by atoms with Crippen LogP contribution < -0.4 is 10.2 Å². The number of anilines is 1. The Morgan fingerprint density at radius 2 is 2.41 bits per heavy atom. The largest absolute Gasteiger partial charge is 0.342 e. The van der Waals surface area contributed by atoms with Crippen molar-refractivity contribution in [1.29, 1.82) is 0 Å². The molecule has 1 aromatic rings. The number of piperidine rings is 2. The summed E-state index contributed by atoms with van der Waals surface area (Å²) >= 11 is 0. The van der Waals surface area contributed by atoms with Crippen molar-refractivity contribution in [2.24, 2.45) is 5.92 Å². The highest BCUT2D eigenvalue weighted by Crippen LogP contribution is 2.27. The van der Waals surface area contributed by atoms with E-state index in [1.54, 1.807) is 0 Å². The van der Waals surface area contributed by atoms with Crippen LogP contribution in [0.1, 0.15) is 26.2 Å². The number of imidazole rings is 1. The fraction of sp³-hybridized carbons (Fsp3) is 0.769. The number of hydrogen-bond donors (Lipinski definition) is 1. The SMILES string of the molecule is CCn1ccnc1N1CCC2NCCCC2C1. The molecule has 2 atom stereocenters. The van der Waals surface area contributed by atoms with E-state index in [2.05, 4.69) is 32.9 Å². The van der Waals surface area contributed by atoms with Crippen LogP contribution in [0.5, 0.6) is 0 Å². The summed E-state index contributed by atoms with van der Waals surface area (Å²) in [5.41, 5.74) is 0. The van der Waals surface area contributed by atoms with Gasteiger partial charge in [0.1, 0.15) is 0 Å². The number of aromatic nitrogens is 2. The van der Waals surface area contributed by atoms with Crippen LogP contribution in [-0.2, 0) is 6.54 Å². The van der Waals surface area contributed by atoms with Crippen LogP contribution in [0.2, 0.25) is 0 Å². The minimum absolute atomic E-state index is 0.755. The molecule has 0 amide bonds. The minimum Gasteiger partial charge on any atom is -0.342 e. The van der Waals surface area contributed by atoms with Crippen molar-refractivity contribution in [2.45, 2.75) is 38.8 Å². The molecule has 2 fully saturated rings. The van der Waals surface area contributed by atoms with Gasteiger partial charge in [-0.3, -0.25) is 0 Å². The molecule has 0 bridgehead atoms. The van der Waals surface area contributed by atoms with Gasteiger partial charge < -0.3 is 14.8 Å². The molecule has 2 unspecified atom stereocenters. The monoisotopic (exact) mass is 234 g/mol. The summed E-state index contributed by atoms with van der Waals surface area (Å²) in [6.45, 7) is 6.73. The summed E-state index contributed by atoms with van der Waals surface area (Å²) < 4.78 is 2.25. The molecule has 2 aliphatic heterocycles. The van der Waals surface area contributed by atoms with Gasteiger partial charge in [-0.25, -0.2) is 4.98 Å². The van der Waals surface area contributed by atoms with Crippen molar-refractivity contribution in [3.63, 3.8) is 0 Å². The van der Waals surface area contributed by atoms with E-state index in [4.69, 9.17) is 0 Å². The zero-order valence-corrected chi connectivity index (χ0v) is 10.6. The molecule has 1 N–H and O–H groups in total. The van der Waals surface area contributed by atoms with Crippen molar-refractivity contribution in [1.82, 2.24) is 14.9 Å². The Bertz CT molecular complexity index is 373. The summed E-state index contributed by atoms with van der Waals surface area (Å²) in [5, 5.41) is 3.66. The molecule has 2 saturated heterocycles. The number of rotatable bonds is 2. The highest BCUT2D eigenvalue weighted by Gasteiger charge is 2.32. The van der Waals surface area contributed by atoms with E-state index in [-0.39, 0.29) is 0 Å². The molecule has 0 radical (unpaired) electrons. The first kappa shape index (κ1) is 11.1. The highest BCUT2D eigenvalue weighted by atomic mass is 15.3. The molecule has 2 aliphatic rings. The van der Waals surface area contributed by atoms with E-state index in [9.17, 15) is 0 Å². The lowest BCUT2D eigenvalue weighted by atomic mass is 9.85. The van der Waals surface area contributed by atoms with Gasteiger partial charge in [0.05, 0.1) is 0 Å². The second-order valence-corrected chi connectivity index (χ2v) is 5.21. The lowest BCUT2D eigenvalue weighted by Gasteiger charge is -2.42. The molecule has 3 heterocycles. The standard InChI is InChI=1S/C13H22N4/c1-2-16-9-7-15-13(16)17-8-5-12-11(10-17)4-3-6-14-12/h7,9,11-12,14H,2-6,8,10H2,1H3. The second-order valence-electron chi connectivity index (χ2n) is 5.21. The third-order valence-electron chi connectivity index (χ3n) is 4.21. The average Bonchev–Trinajstić information content (AvgIpc) is 2.86. The summed E-state index contributed by atoms with van der Waals surface area (Å²) in [4.78, 5) is 6.99. The van der Waals surface area contributed by atoms with Gasteiger partial charge in [-0.05, 0) is 38.6 Å². The maximum absolute atomic E-state index is 4.52. The number of hydrogen-bond acceptors (Lipinski definition) is 3. The first-order chi connectivity index (χ1) is 8.38. The lowest BCUT2D eigenvalue weighted by Crippen LogP contribution is -2.52. The predicted molar refractivity (Wildman–Crippen MR) is 69.2 cm³/mol. The van der Waals surface area contributed by atoms with E-state index >= 15 is 0 Å². The molecule has 4 nitrogen and oxygen atoms in total. The van der Waals surface area contributed by atoms with E-state index in [1.165, 1.54) is 32.4 Å². The van der Waals surface area contributed by atoms with Crippen molar-refractivity contribution in [2.75, 3.05) is 24.5 Å². The molecular weight excluding hydrogens is 212 g/mol. The van der Waals surface area contributed by atoms with E-state index in [0.29, 0.717) is 0 Å². The van der Waals surface area contributed by atoms with Crippen LogP contribution >= 0.6 is 0 Å². The molecule has 0 aromatic carbocycles. The van der Waals surface area contributed by atoms with Gasteiger partial charge in [0, 0.05) is 38.1 Å². The summed E-state index contributed by atoms with van der Waals surface area (Å²) in [6.07, 6.45) is 7.98. The molecule has 3 rings (SSSR count). The minimum atomic E-state index is 0.755. The van der Waals surface area contributed by atoms with Gasteiger partial charge in [-0.1, -0.05) is 0 Å². The molecular formula is C13H22N4. The molecule has 94 valence electrons. The van der Waals surface area contributed by atoms with Gasteiger partial charge >= 0.3 is 0 Å². The first-order valence-electron chi connectivity index (χ1n) is 6.88. The Morgan fingerprint density at radius 3 is 3.29 bits per heavy atom. The molecule has 0 saturated carbocycles. The Balaban J connectivity index is 1.73. The molecule has 4 heteroatoms. The van der Waals surface area contributed by atoms with Gasteiger partial charge in [0.25, 0.3) is 0 Å². The third-order valence-corrected chi connectivity index (χ3v) is 4.21. The van der Waals surface area contributed by atoms with E-state index in [0.717, 1.165) is 31.0 Å². The summed E-state index contributed by atoms with van der Waals surface area (Å²) in [7, 11) is 0. The van der Waals surface area contributed by atoms with E-state index < -0.39 is 0 Å². The normalized spacial score (nSPS) is 29.1. The summed E-state index contributed by atoms with van der Waals surface area (Å²) in [5.74, 6) is 1.98. The molecule has 17 heavy (non-hydrogen) atoms. The van der Waals surface area contributed by atoms with Crippen LogP contribution in [0, 0.1) is 5.92 Å². The number of fused-ring (bicyclic) bond motifs is 1. The Hall–Kier alpha value is -1.03. The third kappa shape index (κ3) is 2.06. The number of nitrogens with zero attached hydrogens (tertiary/aromatic N) is 3. The Kier molecular flexibility index (Phi) is 3.05.